The van der Waals surface area contributed by atoms with E-state index in [9.17, 15) is 13.2 Å². The number of anilines is 1. The van der Waals surface area contributed by atoms with Crippen molar-refractivity contribution in [2.24, 2.45) is 0 Å². The molecule has 0 aromatic heterocycles. The summed E-state index contributed by atoms with van der Waals surface area (Å²) in [4.78, 5) is 1.22. The fourth-order valence-corrected chi connectivity index (χ4v) is 3.82. The molecule has 0 unspecified atom stereocenters. The van der Waals surface area contributed by atoms with Crippen molar-refractivity contribution in [1.29, 1.82) is 0 Å². The number of fused-ring (bicyclic) bond motifs is 2. The predicted molar refractivity (Wildman–Crippen MR) is 82.1 cm³/mol. The molecule has 0 bridgehead atoms. The van der Waals surface area contributed by atoms with E-state index in [4.69, 9.17) is 12.2 Å². The highest BCUT2D eigenvalue weighted by Gasteiger charge is 2.36. The Labute approximate surface area is 129 Å². The molecule has 1 heterocycles. The molecule has 0 aliphatic carbocycles. The first-order chi connectivity index (χ1) is 9.88. The van der Waals surface area contributed by atoms with E-state index in [2.05, 4.69) is 5.32 Å². The molecule has 1 aliphatic heterocycles. The molecule has 2 aromatic rings. The van der Waals surface area contributed by atoms with Gasteiger partial charge in [0.15, 0.2) is 0 Å². The molecule has 2 aromatic carbocycles. The maximum atomic E-state index is 13.2. The monoisotopic (exact) mass is 325 g/mol. The quantitative estimate of drug-likeness (QED) is 0.663. The Balaban J connectivity index is 2.25. The summed E-state index contributed by atoms with van der Waals surface area (Å²) in [6.45, 7) is 1.90. The molecular weight excluding hydrogens is 315 g/mol. The van der Waals surface area contributed by atoms with Crippen LogP contribution in [0.25, 0.3) is 0 Å². The molecule has 0 spiro atoms. The Kier molecular flexibility index (Phi) is 3.45. The van der Waals surface area contributed by atoms with Crippen LogP contribution in [0, 0.1) is 6.92 Å². The van der Waals surface area contributed by atoms with E-state index in [-0.39, 0.29) is 4.90 Å². The average Bonchev–Trinajstić information content (AvgIpc) is 2.55. The smallest absolute Gasteiger partial charge is 0.345 e. The summed E-state index contributed by atoms with van der Waals surface area (Å²) < 4.78 is 39.6. The summed E-state index contributed by atoms with van der Waals surface area (Å²) in [7, 11) is 0. The average molecular weight is 325 g/mol. The van der Waals surface area contributed by atoms with Crippen LogP contribution in [0.4, 0.5) is 18.9 Å². The van der Waals surface area contributed by atoms with E-state index in [1.807, 2.05) is 19.1 Å². The molecule has 6 heteroatoms. The lowest BCUT2D eigenvalue weighted by Gasteiger charge is -2.14. The van der Waals surface area contributed by atoms with Crippen molar-refractivity contribution in [2.45, 2.75) is 22.9 Å². The summed E-state index contributed by atoms with van der Waals surface area (Å²) in [5.41, 5.74) is 1.49. The van der Waals surface area contributed by atoms with Crippen molar-refractivity contribution in [1.82, 2.24) is 0 Å². The number of hydrogen-bond donors (Lipinski definition) is 1. The van der Waals surface area contributed by atoms with Gasteiger partial charge in [0.2, 0.25) is 0 Å². The lowest BCUT2D eigenvalue weighted by molar-refractivity contribution is -0.139. The topological polar surface area (TPSA) is 12.0 Å². The molecule has 0 saturated carbocycles. The minimum atomic E-state index is -4.40. The largest absolute Gasteiger partial charge is 0.417 e. The summed E-state index contributed by atoms with van der Waals surface area (Å²) in [6, 6.07) is 9.62. The van der Waals surface area contributed by atoms with Crippen LogP contribution in [0.2, 0.25) is 0 Å². The number of thiocarbonyl (C=S) groups is 1. The van der Waals surface area contributed by atoms with Crippen LogP contribution in [-0.2, 0) is 6.18 Å². The van der Waals surface area contributed by atoms with Gasteiger partial charge in [-0.25, -0.2) is 0 Å². The van der Waals surface area contributed by atoms with Gasteiger partial charge < -0.3 is 5.32 Å². The highest BCUT2D eigenvalue weighted by molar-refractivity contribution is 7.99. The van der Waals surface area contributed by atoms with Crippen molar-refractivity contribution in [3.05, 3.63) is 53.1 Å². The van der Waals surface area contributed by atoms with E-state index in [1.54, 1.807) is 12.1 Å². The van der Waals surface area contributed by atoms with E-state index in [0.717, 1.165) is 34.0 Å². The second kappa shape index (κ2) is 5.03. The van der Waals surface area contributed by atoms with Gasteiger partial charge in [0.25, 0.3) is 0 Å². The van der Waals surface area contributed by atoms with Gasteiger partial charge in [0.1, 0.15) is 4.99 Å². The highest BCUT2D eigenvalue weighted by Crippen LogP contribution is 2.46. The van der Waals surface area contributed by atoms with Crippen LogP contribution in [0.3, 0.4) is 0 Å². The second-order valence-electron chi connectivity index (χ2n) is 4.68. The van der Waals surface area contributed by atoms with Gasteiger partial charge in [0.05, 0.1) is 11.3 Å². The minimum Gasteiger partial charge on any atom is -0.345 e. The molecule has 0 amide bonds. The summed E-state index contributed by atoms with van der Waals surface area (Å²) in [5.74, 6) is 0. The molecule has 3 rings (SSSR count). The zero-order valence-corrected chi connectivity index (χ0v) is 12.5. The molecule has 1 nitrogen and oxygen atoms in total. The number of para-hydroxylation sites is 1. The van der Waals surface area contributed by atoms with Crippen molar-refractivity contribution >= 4 is 34.7 Å². The molecule has 21 heavy (non-hydrogen) atoms. The molecule has 0 saturated heterocycles. The van der Waals surface area contributed by atoms with Gasteiger partial charge in [-0.3, -0.25) is 0 Å². The Morgan fingerprint density at radius 2 is 1.81 bits per heavy atom. The van der Waals surface area contributed by atoms with E-state index in [0.29, 0.717) is 10.6 Å². The number of benzene rings is 2. The van der Waals surface area contributed by atoms with Gasteiger partial charge in [-0.15, -0.1) is 0 Å². The predicted octanol–water partition coefficient (Wildman–Crippen LogP) is 5.27. The van der Waals surface area contributed by atoms with Crippen LogP contribution in [0.1, 0.15) is 16.7 Å². The fraction of sp³-hybridized carbons (Fsp3) is 0.133. The number of alkyl halides is 3. The fourth-order valence-electron chi connectivity index (χ4n) is 2.23. The standard InChI is InChI=1S/C15H10F3NS2/c1-8-4-2-7-11-12(8)19-14(20)9-5-3-6-10(13(9)21-11)15(16,17)18/h2-7H,1H3,(H,19,20). The molecule has 0 fully saturated rings. The lowest BCUT2D eigenvalue weighted by atomic mass is 10.1. The zero-order valence-electron chi connectivity index (χ0n) is 10.9. The van der Waals surface area contributed by atoms with Crippen molar-refractivity contribution in [3.8, 4) is 0 Å². The summed E-state index contributed by atoms with van der Waals surface area (Å²) >= 11 is 6.38. The van der Waals surface area contributed by atoms with Crippen LogP contribution >= 0.6 is 24.0 Å². The Bertz CT molecular complexity index is 738. The minimum absolute atomic E-state index is 0.159. The first kappa shape index (κ1) is 14.4. The van der Waals surface area contributed by atoms with Gasteiger partial charge >= 0.3 is 6.18 Å². The van der Waals surface area contributed by atoms with Gasteiger partial charge in [-0.05, 0) is 24.6 Å². The van der Waals surface area contributed by atoms with E-state index in [1.165, 1.54) is 6.07 Å². The third-order valence-electron chi connectivity index (χ3n) is 3.25. The summed E-state index contributed by atoms with van der Waals surface area (Å²) in [6.07, 6.45) is -4.40. The van der Waals surface area contributed by atoms with Gasteiger partial charge in [-0.2, -0.15) is 13.2 Å². The van der Waals surface area contributed by atoms with Crippen molar-refractivity contribution in [2.75, 3.05) is 5.32 Å². The SMILES string of the molecule is Cc1cccc2c1NC(=S)c1cccc(C(F)(F)F)c1S2. The number of rotatable bonds is 0. The molecule has 1 N–H and O–H groups in total. The Hall–Kier alpha value is -1.53. The number of aryl methyl sites for hydroxylation is 1. The summed E-state index contributed by atoms with van der Waals surface area (Å²) in [5, 5.41) is 3.07. The van der Waals surface area contributed by atoms with Crippen molar-refractivity contribution in [3.63, 3.8) is 0 Å². The van der Waals surface area contributed by atoms with Crippen LogP contribution in [0.5, 0.6) is 0 Å². The third-order valence-corrected chi connectivity index (χ3v) is 4.78. The second-order valence-corrected chi connectivity index (χ2v) is 6.14. The number of hydrogen-bond acceptors (Lipinski definition) is 2. The zero-order chi connectivity index (χ0) is 15.2. The van der Waals surface area contributed by atoms with Crippen molar-refractivity contribution < 1.29 is 13.2 Å². The molecular formula is C15H10F3NS2. The maximum Gasteiger partial charge on any atom is 0.417 e. The van der Waals surface area contributed by atoms with Crippen LogP contribution in [0.15, 0.2) is 46.2 Å². The lowest BCUT2D eigenvalue weighted by Crippen LogP contribution is -2.14. The third kappa shape index (κ3) is 2.53. The Morgan fingerprint density at radius 1 is 1.10 bits per heavy atom. The first-order valence-electron chi connectivity index (χ1n) is 6.17. The Morgan fingerprint density at radius 3 is 2.52 bits per heavy atom. The molecule has 108 valence electrons. The molecule has 0 atom stereocenters. The first-order valence-corrected chi connectivity index (χ1v) is 7.39. The number of halogens is 3. The van der Waals surface area contributed by atoms with E-state index >= 15 is 0 Å². The molecule has 1 aliphatic rings. The van der Waals surface area contributed by atoms with Gasteiger partial charge in [-0.1, -0.05) is 48.2 Å². The van der Waals surface area contributed by atoms with E-state index < -0.39 is 11.7 Å². The maximum absolute atomic E-state index is 13.2. The molecule has 0 radical (unpaired) electrons. The van der Waals surface area contributed by atoms with Crippen LogP contribution < -0.4 is 5.32 Å². The number of nitrogens with one attached hydrogen (secondary N) is 1. The van der Waals surface area contributed by atoms with Gasteiger partial charge in [0, 0.05) is 15.4 Å². The van der Waals surface area contributed by atoms with Crippen LogP contribution in [-0.4, -0.2) is 4.99 Å². The normalized spacial score (nSPS) is 14.0. The highest BCUT2D eigenvalue weighted by atomic mass is 32.2.